The van der Waals surface area contributed by atoms with Crippen molar-refractivity contribution in [2.45, 2.75) is 6.92 Å². The van der Waals surface area contributed by atoms with Gasteiger partial charge in [-0.3, -0.25) is 0 Å². The maximum atomic E-state index is 11.3. The van der Waals surface area contributed by atoms with Crippen molar-refractivity contribution in [3.63, 3.8) is 0 Å². The van der Waals surface area contributed by atoms with Gasteiger partial charge < -0.3 is 20.1 Å². The second-order valence-electron chi connectivity index (χ2n) is 3.88. The van der Waals surface area contributed by atoms with Crippen LogP contribution in [0.5, 0.6) is 0 Å². The summed E-state index contributed by atoms with van der Waals surface area (Å²) in [7, 11) is 3.28. The van der Waals surface area contributed by atoms with Crippen molar-refractivity contribution in [2.75, 3.05) is 44.5 Å². The number of ether oxygens (including phenoxy) is 2. The molecule has 18 heavy (non-hydrogen) atoms. The highest BCUT2D eigenvalue weighted by Crippen LogP contribution is 2.23. The van der Waals surface area contributed by atoms with E-state index in [2.05, 4.69) is 4.74 Å². The number of nitrogens with two attached hydrogens (primary N) is 1. The largest absolute Gasteiger partial charge is 0.465 e. The van der Waals surface area contributed by atoms with Crippen LogP contribution in [0.4, 0.5) is 11.4 Å². The number of esters is 1. The quantitative estimate of drug-likeness (QED) is 0.472. The zero-order valence-corrected chi connectivity index (χ0v) is 11.1. The minimum Gasteiger partial charge on any atom is -0.465 e. The Morgan fingerprint density at radius 1 is 1.44 bits per heavy atom. The highest BCUT2D eigenvalue weighted by molar-refractivity contribution is 5.91. The first kappa shape index (κ1) is 14.3. The molecular formula is C13H20N2O3. The molecule has 0 saturated heterocycles. The van der Waals surface area contributed by atoms with E-state index in [1.165, 1.54) is 7.11 Å². The van der Waals surface area contributed by atoms with Crippen LogP contribution in [0.3, 0.4) is 0 Å². The highest BCUT2D eigenvalue weighted by atomic mass is 16.5. The van der Waals surface area contributed by atoms with Crippen LogP contribution in [0.1, 0.15) is 17.3 Å². The van der Waals surface area contributed by atoms with E-state index >= 15 is 0 Å². The van der Waals surface area contributed by atoms with Crippen LogP contribution in [0, 0.1) is 0 Å². The van der Waals surface area contributed by atoms with Crippen molar-refractivity contribution < 1.29 is 14.3 Å². The van der Waals surface area contributed by atoms with Crippen molar-refractivity contribution in [3.05, 3.63) is 23.8 Å². The minimum absolute atomic E-state index is 0.384. The SMILES string of the molecule is CCOCCN(C)c1ccc(C(=O)OC)cc1N. The monoisotopic (exact) mass is 252 g/mol. The van der Waals surface area contributed by atoms with Crippen LogP contribution >= 0.6 is 0 Å². The van der Waals surface area contributed by atoms with E-state index in [1.807, 2.05) is 24.9 Å². The number of benzene rings is 1. The van der Waals surface area contributed by atoms with Gasteiger partial charge in [-0.05, 0) is 25.1 Å². The first-order valence-electron chi connectivity index (χ1n) is 5.86. The number of anilines is 2. The Balaban J connectivity index is 2.75. The molecule has 0 unspecified atom stereocenters. The number of hydrogen-bond donors (Lipinski definition) is 1. The van der Waals surface area contributed by atoms with Crippen molar-refractivity contribution >= 4 is 17.3 Å². The van der Waals surface area contributed by atoms with Gasteiger partial charge in [0.15, 0.2) is 0 Å². The van der Waals surface area contributed by atoms with Crippen molar-refractivity contribution in [1.29, 1.82) is 0 Å². The smallest absolute Gasteiger partial charge is 0.337 e. The van der Waals surface area contributed by atoms with E-state index in [-0.39, 0.29) is 5.97 Å². The molecule has 100 valence electrons. The Hall–Kier alpha value is -1.75. The second kappa shape index (κ2) is 6.86. The molecule has 0 aliphatic carbocycles. The van der Waals surface area contributed by atoms with E-state index in [0.29, 0.717) is 24.5 Å². The summed E-state index contributed by atoms with van der Waals surface area (Å²) in [4.78, 5) is 13.3. The Morgan fingerprint density at radius 2 is 2.17 bits per heavy atom. The Morgan fingerprint density at radius 3 is 2.72 bits per heavy atom. The second-order valence-corrected chi connectivity index (χ2v) is 3.88. The molecule has 0 fully saturated rings. The van der Waals surface area contributed by atoms with Crippen LogP contribution in [-0.2, 0) is 9.47 Å². The molecule has 0 spiro atoms. The van der Waals surface area contributed by atoms with Crippen molar-refractivity contribution in [2.24, 2.45) is 0 Å². The Labute approximate surface area is 107 Å². The van der Waals surface area contributed by atoms with Crippen LogP contribution in [0.15, 0.2) is 18.2 Å². The molecule has 1 aromatic carbocycles. The lowest BCUT2D eigenvalue weighted by atomic mass is 10.1. The predicted octanol–water partition coefficient (Wildman–Crippen LogP) is 1.53. The molecule has 5 heteroatoms. The van der Waals surface area contributed by atoms with E-state index in [1.54, 1.807) is 12.1 Å². The fraction of sp³-hybridized carbons (Fsp3) is 0.462. The summed E-state index contributed by atoms with van der Waals surface area (Å²) in [5, 5.41) is 0. The average molecular weight is 252 g/mol. The Kier molecular flexibility index (Phi) is 5.45. The summed E-state index contributed by atoms with van der Waals surface area (Å²) < 4.78 is 9.93. The molecule has 2 N–H and O–H groups in total. The van der Waals surface area contributed by atoms with E-state index in [4.69, 9.17) is 10.5 Å². The molecule has 0 radical (unpaired) electrons. The molecule has 0 amide bonds. The molecule has 5 nitrogen and oxygen atoms in total. The average Bonchev–Trinajstić information content (AvgIpc) is 2.37. The van der Waals surface area contributed by atoms with Crippen LogP contribution in [0.2, 0.25) is 0 Å². The molecule has 1 rings (SSSR count). The van der Waals surface area contributed by atoms with Gasteiger partial charge in [-0.15, -0.1) is 0 Å². The molecule has 0 bridgehead atoms. The molecule has 1 aromatic rings. The first-order chi connectivity index (χ1) is 8.60. The third-order valence-electron chi connectivity index (χ3n) is 2.64. The fourth-order valence-electron chi connectivity index (χ4n) is 1.61. The number of hydrogen-bond acceptors (Lipinski definition) is 5. The highest BCUT2D eigenvalue weighted by Gasteiger charge is 2.10. The maximum Gasteiger partial charge on any atom is 0.337 e. The number of carbonyl (C=O) groups is 1. The maximum absolute atomic E-state index is 11.3. The van der Waals surface area contributed by atoms with Crippen LogP contribution in [0.25, 0.3) is 0 Å². The summed E-state index contributed by atoms with van der Waals surface area (Å²) in [6, 6.07) is 5.14. The van der Waals surface area contributed by atoms with Crippen molar-refractivity contribution in [3.8, 4) is 0 Å². The summed E-state index contributed by atoms with van der Waals surface area (Å²) in [5.74, 6) is -0.384. The predicted molar refractivity (Wildman–Crippen MR) is 72.0 cm³/mol. The minimum atomic E-state index is -0.384. The van der Waals surface area contributed by atoms with Gasteiger partial charge >= 0.3 is 5.97 Å². The van der Waals surface area contributed by atoms with Gasteiger partial charge in [0.05, 0.1) is 30.7 Å². The summed E-state index contributed by atoms with van der Waals surface area (Å²) in [6.45, 7) is 4.05. The Bertz CT molecular complexity index is 407. The third-order valence-corrected chi connectivity index (χ3v) is 2.64. The molecule has 0 heterocycles. The standard InChI is InChI=1S/C13H20N2O3/c1-4-18-8-7-15(2)12-6-5-10(9-11(12)14)13(16)17-3/h5-6,9H,4,7-8,14H2,1-3H3. The lowest BCUT2D eigenvalue weighted by molar-refractivity contribution is 0.0601. The number of nitrogen functional groups attached to an aromatic ring is 1. The van der Waals surface area contributed by atoms with Gasteiger partial charge in [0, 0.05) is 20.2 Å². The van der Waals surface area contributed by atoms with Gasteiger partial charge in [0.2, 0.25) is 0 Å². The molecule has 0 aliphatic rings. The van der Waals surface area contributed by atoms with Gasteiger partial charge in [-0.2, -0.15) is 0 Å². The van der Waals surface area contributed by atoms with Gasteiger partial charge in [0.25, 0.3) is 0 Å². The summed E-state index contributed by atoms with van der Waals surface area (Å²) in [5.41, 5.74) is 7.81. The molecule has 0 atom stereocenters. The lowest BCUT2D eigenvalue weighted by Crippen LogP contribution is -2.23. The zero-order chi connectivity index (χ0) is 13.5. The summed E-state index contributed by atoms with van der Waals surface area (Å²) >= 11 is 0. The lowest BCUT2D eigenvalue weighted by Gasteiger charge is -2.21. The first-order valence-corrected chi connectivity index (χ1v) is 5.86. The van der Waals surface area contributed by atoms with Crippen LogP contribution in [-0.4, -0.2) is 39.9 Å². The van der Waals surface area contributed by atoms with Gasteiger partial charge in [-0.25, -0.2) is 4.79 Å². The van der Waals surface area contributed by atoms with Crippen LogP contribution < -0.4 is 10.6 Å². The number of methoxy groups -OCH3 is 1. The molecule has 0 aliphatic heterocycles. The summed E-state index contributed by atoms with van der Waals surface area (Å²) in [6.07, 6.45) is 0. The molecule has 0 saturated carbocycles. The van der Waals surface area contributed by atoms with Gasteiger partial charge in [-0.1, -0.05) is 0 Å². The zero-order valence-electron chi connectivity index (χ0n) is 11.1. The normalized spacial score (nSPS) is 10.2. The molecular weight excluding hydrogens is 232 g/mol. The van der Waals surface area contributed by atoms with E-state index in [0.717, 1.165) is 12.2 Å². The number of likely N-dealkylation sites (N-methyl/N-ethyl adjacent to an activating group) is 1. The van der Waals surface area contributed by atoms with E-state index < -0.39 is 0 Å². The van der Waals surface area contributed by atoms with Gasteiger partial charge in [0.1, 0.15) is 0 Å². The fourth-order valence-corrected chi connectivity index (χ4v) is 1.61. The van der Waals surface area contributed by atoms with Crippen molar-refractivity contribution in [1.82, 2.24) is 0 Å². The number of nitrogens with zero attached hydrogens (tertiary/aromatic N) is 1. The topological polar surface area (TPSA) is 64.8 Å². The van der Waals surface area contributed by atoms with E-state index in [9.17, 15) is 4.79 Å². The number of rotatable bonds is 6. The molecule has 0 aromatic heterocycles. The number of carbonyl (C=O) groups excluding carboxylic acids is 1. The third kappa shape index (κ3) is 3.63.